The molecular formula is C24H26ClN3O3. The van der Waals surface area contributed by atoms with Crippen LogP contribution in [0.3, 0.4) is 0 Å². The number of carbonyl (C=O) groups is 2. The SMILES string of the molecule is Cc1cccc(C)c1NC(=O)CN1CCN(C(=O)C2=Cc3cc(Cl)ccc3OC2)CC1. The molecule has 0 radical (unpaired) electrons. The number of nitrogens with zero attached hydrogens (tertiary/aromatic N) is 2. The van der Waals surface area contributed by atoms with Gasteiger partial charge in [-0.1, -0.05) is 29.8 Å². The second-order valence-electron chi connectivity index (χ2n) is 8.02. The van der Waals surface area contributed by atoms with E-state index in [9.17, 15) is 9.59 Å². The van der Waals surface area contributed by atoms with E-state index in [1.807, 2.05) is 49.1 Å². The normalized spacial score (nSPS) is 16.2. The highest BCUT2D eigenvalue weighted by Gasteiger charge is 2.26. The summed E-state index contributed by atoms with van der Waals surface area (Å²) in [6.45, 7) is 7.01. The van der Waals surface area contributed by atoms with Crippen LogP contribution in [0.1, 0.15) is 16.7 Å². The van der Waals surface area contributed by atoms with Gasteiger partial charge in [0.1, 0.15) is 12.4 Å². The average Bonchev–Trinajstić information content (AvgIpc) is 2.76. The van der Waals surface area contributed by atoms with Crippen molar-refractivity contribution in [3.63, 3.8) is 0 Å². The van der Waals surface area contributed by atoms with Crippen LogP contribution in [0.25, 0.3) is 6.08 Å². The topological polar surface area (TPSA) is 61.9 Å². The van der Waals surface area contributed by atoms with Gasteiger partial charge in [-0.05, 0) is 49.2 Å². The van der Waals surface area contributed by atoms with E-state index < -0.39 is 0 Å². The third-order valence-corrected chi connectivity index (χ3v) is 5.97. The van der Waals surface area contributed by atoms with Crippen molar-refractivity contribution in [1.82, 2.24) is 9.80 Å². The van der Waals surface area contributed by atoms with Crippen molar-refractivity contribution in [2.24, 2.45) is 0 Å². The Labute approximate surface area is 187 Å². The molecule has 2 aromatic rings. The summed E-state index contributed by atoms with van der Waals surface area (Å²) >= 11 is 6.06. The number of fused-ring (bicyclic) bond motifs is 1. The molecule has 0 atom stereocenters. The largest absolute Gasteiger partial charge is 0.488 e. The highest BCUT2D eigenvalue weighted by atomic mass is 35.5. The first-order valence-corrected chi connectivity index (χ1v) is 10.8. The third kappa shape index (κ3) is 4.92. The van der Waals surface area contributed by atoms with Crippen molar-refractivity contribution in [3.8, 4) is 5.75 Å². The molecule has 0 unspecified atom stereocenters. The first-order valence-electron chi connectivity index (χ1n) is 10.4. The van der Waals surface area contributed by atoms with E-state index in [1.54, 1.807) is 12.1 Å². The van der Waals surface area contributed by atoms with Gasteiger partial charge in [-0.3, -0.25) is 14.5 Å². The second-order valence-corrected chi connectivity index (χ2v) is 8.46. The van der Waals surface area contributed by atoms with Crippen LogP contribution in [-0.2, 0) is 9.59 Å². The number of halogens is 1. The van der Waals surface area contributed by atoms with Gasteiger partial charge in [-0.25, -0.2) is 0 Å². The van der Waals surface area contributed by atoms with E-state index in [2.05, 4.69) is 10.2 Å². The fraction of sp³-hybridized carbons (Fsp3) is 0.333. The minimum absolute atomic E-state index is 0.0229. The third-order valence-electron chi connectivity index (χ3n) is 5.73. The van der Waals surface area contributed by atoms with E-state index in [4.69, 9.17) is 16.3 Å². The zero-order chi connectivity index (χ0) is 22.0. The Kier molecular flexibility index (Phi) is 6.30. The number of piperazine rings is 1. The van der Waals surface area contributed by atoms with E-state index in [1.165, 1.54) is 0 Å². The molecule has 162 valence electrons. The lowest BCUT2D eigenvalue weighted by Crippen LogP contribution is -2.51. The molecule has 7 heteroatoms. The van der Waals surface area contributed by atoms with E-state index >= 15 is 0 Å². The summed E-state index contributed by atoms with van der Waals surface area (Å²) in [4.78, 5) is 29.4. The van der Waals surface area contributed by atoms with Crippen molar-refractivity contribution < 1.29 is 14.3 Å². The maximum absolute atomic E-state index is 12.9. The fourth-order valence-electron chi connectivity index (χ4n) is 3.98. The quantitative estimate of drug-likeness (QED) is 0.791. The minimum Gasteiger partial charge on any atom is -0.488 e. The molecule has 2 heterocycles. The zero-order valence-electron chi connectivity index (χ0n) is 17.8. The Balaban J connectivity index is 1.31. The van der Waals surface area contributed by atoms with Crippen molar-refractivity contribution in [3.05, 3.63) is 63.7 Å². The van der Waals surface area contributed by atoms with Crippen LogP contribution in [0.5, 0.6) is 5.75 Å². The van der Waals surface area contributed by atoms with Crippen LogP contribution in [-0.4, -0.2) is 60.9 Å². The Morgan fingerprint density at radius 3 is 2.48 bits per heavy atom. The van der Waals surface area contributed by atoms with Gasteiger partial charge >= 0.3 is 0 Å². The van der Waals surface area contributed by atoms with E-state index in [0.717, 1.165) is 28.1 Å². The maximum atomic E-state index is 12.9. The lowest BCUT2D eigenvalue weighted by atomic mass is 10.1. The molecule has 2 aliphatic heterocycles. The first kappa shape index (κ1) is 21.4. The molecule has 1 fully saturated rings. The van der Waals surface area contributed by atoms with Gasteiger partial charge in [0.15, 0.2) is 0 Å². The lowest BCUT2D eigenvalue weighted by Gasteiger charge is -2.35. The van der Waals surface area contributed by atoms with Crippen LogP contribution in [0.4, 0.5) is 5.69 Å². The Morgan fingerprint density at radius 2 is 1.77 bits per heavy atom. The Hall–Kier alpha value is -2.83. The molecule has 1 N–H and O–H groups in total. The van der Waals surface area contributed by atoms with E-state index in [-0.39, 0.29) is 18.4 Å². The molecule has 1 saturated heterocycles. The smallest absolute Gasteiger partial charge is 0.253 e. The number of carbonyl (C=O) groups excluding carboxylic acids is 2. The fourth-order valence-corrected chi connectivity index (χ4v) is 4.16. The number of ether oxygens (including phenoxy) is 1. The number of hydrogen-bond acceptors (Lipinski definition) is 4. The van der Waals surface area contributed by atoms with Gasteiger partial charge in [0, 0.05) is 42.5 Å². The van der Waals surface area contributed by atoms with Gasteiger partial charge in [0.05, 0.1) is 12.1 Å². The van der Waals surface area contributed by atoms with E-state index in [0.29, 0.717) is 43.3 Å². The van der Waals surface area contributed by atoms with Gasteiger partial charge < -0.3 is 15.0 Å². The van der Waals surface area contributed by atoms with Crippen molar-refractivity contribution in [1.29, 1.82) is 0 Å². The molecule has 2 aliphatic rings. The maximum Gasteiger partial charge on any atom is 0.253 e. The molecule has 4 rings (SSSR count). The van der Waals surface area contributed by atoms with Gasteiger partial charge in [-0.15, -0.1) is 0 Å². The predicted molar refractivity (Wildman–Crippen MR) is 122 cm³/mol. The number of benzene rings is 2. The molecule has 0 bridgehead atoms. The minimum atomic E-state index is -0.0333. The van der Waals surface area contributed by atoms with Crippen molar-refractivity contribution in [2.75, 3.05) is 44.6 Å². The molecule has 31 heavy (non-hydrogen) atoms. The van der Waals surface area contributed by atoms with Gasteiger partial charge in [0.2, 0.25) is 5.91 Å². The van der Waals surface area contributed by atoms with Crippen molar-refractivity contribution >= 4 is 35.2 Å². The highest BCUT2D eigenvalue weighted by molar-refractivity contribution is 6.30. The number of hydrogen-bond donors (Lipinski definition) is 1. The van der Waals surface area contributed by atoms with Crippen LogP contribution in [0.15, 0.2) is 42.0 Å². The summed E-state index contributed by atoms with van der Waals surface area (Å²) in [7, 11) is 0. The van der Waals surface area contributed by atoms with Crippen LogP contribution >= 0.6 is 11.6 Å². The molecule has 0 saturated carbocycles. The molecular weight excluding hydrogens is 414 g/mol. The number of nitrogens with one attached hydrogen (secondary N) is 1. The number of anilines is 1. The summed E-state index contributed by atoms with van der Waals surface area (Å²) in [5.74, 6) is 0.681. The number of amides is 2. The molecule has 0 spiro atoms. The summed E-state index contributed by atoms with van der Waals surface area (Å²) in [5, 5.41) is 3.64. The molecule has 2 aromatic carbocycles. The first-order chi connectivity index (χ1) is 14.9. The number of para-hydroxylation sites is 1. The molecule has 6 nitrogen and oxygen atoms in total. The summed E-state index contributed by atoms with van der Waals surface area (Å²) in [6, 6.07) is 11.4. The average molecular weight is 440 g/mol. The van der Waals surface area contributed by atoms with Gasteiger partial charge in [0.25, 0.3) is 5.91 Å². The molecule has 0 aromatic heterocycles. The summed E-state index contributed by atoms with van der Waals surface area (Å²) < 4.78 is 5.71. The second kappa shape index (κ2) is 9.12. The lowest BCUT2D eigenvalue weighted by molar-refractivity contribution is -0.129. The number of rotatable bonds is 4. The van der Waals surface area contributed by atoms with Crippen LogP contribution in [0.2, 0.25) is 5.02 Å². The number of aryl methyl sites for hydroxylation is 2. The molecule has 0 aliphatic carbocycles. The zero-order valence-corrected chi connectivity index (χ0v) is 18.5. The van der Waals surface area contributed by atoms with Crippen LogP contribution < -0.4 is 10.1 Å². The highest BCUT2D eigenvalue weighted by Crippen LogP contribution is 2.29. The molecule has 2 amide bonds. The van der Waals surface area contributed by atoms with Crippen LogP contribution in [0, 0.1) is 13.8 Å². The monoisotopic (exact) mass is 439 g/mol. The van der Waals surface area contributed by atoms with Crippen molar-refractivity contribution in [2.45, 2.75) is 13.8 Å². The summed E-state index contributed by atoms with van der Waals surface area (Å²) in [5.41, 5.74) is 4.43. The van der Waals surface area contributed by atoms with Gasteiger partial charge in [-0.2, -0.15) is 0 Å². The predicted octanol–water partition coefficient (Wildman–Crippen LogP) is 3.52. The summed E-state index contributed by atoms with van der Waals surface area (Å²) in [6.07, 6.45) is 1.86. The Bertz CT molecular complexity index is 1020. The Morgan fingerprint density at radius 1 is 1.06 bits per heavy atom. The standard InChI is InChI=1S/C24H26ClN3O3/c1-16-4-3-5-17(2)23(16)26-22(29)14-27-8-10-28(11-9-27)24(30)19-12-18-13-20(25)6-7-21(18)31-15-19/h3-7,12-13H,8-11,14-15H2,1-2H3,(H,26,29).